The Morgan fingerprint density at radius 3 is 2.73 bits per heavy atom. The highest BCUT2D eigenvalue weighted by Crippen LogP contribution is 2.22. The van der Waals surface area contributed by atoms with Crippen molar-refractivity contribution in [3.8, 4) is 5.75 Å². The van der Waals surface area contributed by atoms with Crippen LogP contribution < -0.4 is 10.1 Å². The molecular formula is C17H22N2O3. The van der Waals surface area contributed by atoms with E-state index in [-0.39, 0.29) is 11.7 Å². The topological polar surface area (TPSA) is 61.8 Å². The number of nitrogens with one attached hydrogen (secondary N) is 1. The fourth-order valence-electron chi connectivity index (χ4n) is 2.18. The SMILES string of the molecule is C=C1C(O)=C(C(=O)NCCCCOc2ccccc2)CN1C. The van der Waals surface area contributed by atoms with Gasteiger partial charge in [-0.15, -0.1) is 0 Å². The zero-order valence-corrected chi connectivity index (χ0v) is 12.8. The van der Waals surface area contributed by atoms with Gasteiger partial charge in [-0.25, -0.2) is 0 Å². The number of para-hydroxylation sites is 1. The van der Waals surface area contributed by atoms with E-state index >= 15 is 0 Å². The summed E-state index contributed by atoms with van der Waals surface area (Å²) in [5.74, 6) is 0.619. The van der Waals surface area contributed by atoms with Crippen LogP contribution in [-0.2, 0) is 4.79 Å². The monoisotopic (exact) mass is 302 g/mol. The number of hydrogen-bond acceptors (Lipinski definition) is 4. The Bertz CT molecular complexity index is 567. The van der Waals surface area contributed by atoms with Crippen molar-refractivity contribution in [1.82, 2.24) is 10.2 Å². The zero-order chi connectivity index (χ0) is 15.9. The molecule has 1 amide bonds. The number of benzene rings is 1. The van der Waals surface area contributed by atoms with Gasteiger partial charge in [0.1, 0.15) is 11.5 Å². The molecule has 1 aromatic rings. The van der Waals surface area contributed by atoms with E-state index in [9.17, 15) is 9.90 Å². The summed E-state index contributed by atoms with van der Waals surface area (Å²) in [5, 5.41) is 12.6. The predicted molar refractivity (Wildman–Crippen MR) is 85.6 cm³/mol. The molecule has 2 rings (SSSR count). The van der Waals surface area contributed by atoms with Crippen molar-refractivity contribution in [1.29, 1.82) is 0 Å². The van der Waals surface area contributed by atoms with E-state index in [2.05, 4.69) is 11.9 Å². The van der Waals surface area contributed by atoms with Crippen LogP contribution in [0.25, 0.3) is 0 Å². The van der Waals surface area contributed by atoms with Gasteiger partial charge in [-0.05, 0) is 25.0 Å². The Kier molecular flexibility index (Phi) is 5.47. The molecule has 0 bridgehead atoms. The summed E-state index contributed by atoms with van der Waals surface area (Å²) in [7, 11) is 1.79. The maximum atomic E-state index is 12.0. The highest BCUT2D eigenvalue weighted by Gasteiger charge is 2.26. The quantitative estimate of drug-likeness (QED) is 0.758. The zero-order valence-electron chi connectivity index (χ0n) is 12.8. The van der Waals surface area contributed by atoms with E-state index in [4.69, 9.17) is 4.74 Å². The first-order chi connectivity index (χ1) is 10.6. The molecule has 0 aromatic heterocycles. The van der Waals surface area contributed by atoms with Crippen molar-refractivity contribution in [2.75, 3.05) is 26.7 Å². The average Bonchev–Trinajstić information content (AvgIpc) is 2.79. The molecule has 0 saturated heterocycles. The first-order valence-corrected chi connectivity index (χ1v) is 7.38. The van der Waals surface area contributed by atoms with Gasteiger partial charge in [0, 0.05) is 13.6 Å². The Hall–Kier alpha value is -2.43. The molecule has 0 saturated carbocycles. The molecule has 5 heteroatoms. The maximum absolute atomic E-state index is 12.0. The molecule has 0 aliphatic carbocycles. The van der Waals surface area contributed by atoms with Crippen molar-refractivity contribution in [2.45, 2.75) is 12.8 Å². The number of amides is 1. The summed E-state index contributed by atoms with van der Waals surface area (Å²) >= 11 is 0. The number of carbonyl (C=O) groups excluding carboxylic acids is 1. The lowest BCUT2D eigenvalue weighted by atomic mass is 10.2. The van der Waals surface area contributed by atoms with Gasteiger partial charge in [0.05, 0.1) is 24.4 Å². The smallest absolute Gasteiger partial charge is 0.252 e. The molecule has 0 fully saturated rings. The first-order valence-electron chi connectivity index (χ1n) is 7.38. The van der Waals surface area contributed by atoms with Crippen LogP contribution in [0.15, 0.2) is 53.9 Å². The molecule has 5 nitrogen and oxygen atoms in total. The number of aliphatic hydroxyl groups is 1. The predicted octanol–water partition coefficient (Wildman–Crippen LogP) is 2.23. The normalized spacial score (nSPS) is 14.4. The van der Waals surface area contributed by atoms with Gasteiger partial charge in [0.15, 0.2) is 0 Å². The number of unbranched alkanes of at least 4 members (excludes halogenated alkanes) is 1. The van der Waals surface area contributed by atoms with Crippen LogP contribution in [0.5, 0.6) is 5.75 Å². The Balaban J connectivity index is 1.63. The van der Waals surface area contributed by atoms with Gasteiger partial charge >= 0.3 is 0 Å². The van der Waals surface area contributed by atoms with Gasteiger partial charge in [-0.3, -0.25) is 4.79 Å². The summed E-state index contributed by atoms with van der Waals surface area (Å²) in [6.07, 6.45) is 1.68. The number of ether oxygens (including phenoxy) is 1. The van der Waals surface area contributed by atoms with Gasteiger partial charge in [-0.2, -0.15) is 0 Å². The minimum absolute atomic E-state index is 0.00703. The lowest BCUT2D eigenvalue weighted by molar-refractivity contribution is -0.117. The molecule has 0 spiro atoms. The molecule has 0 atom stereocenters. The third kappa shape index (κ3) is 4.04. The maximum Gasteiger partial charge on any atom is 0.252 e. The van der Waals surface area contributed by atoms with E-state index in [0.717, 1.165) is 18.6 Å². The highest BCUT2D eigenvalue weighted by atomic mass is 16.5. The van der Waals surface area contributed by atoms with Crippen LogP contribution in [0.4, 0.5) is 0 Å². The summed E-state index contributed by atoms with van der Waals surface area (Å²) in [5.41, 5.74) is 0.870. The van der Waals surface area contributed by atoms with E-state index in [1.54, 1.807) is 11.9 Å². The summed E-state index contributed by atoms with van der Waals surface area (Å²) in [4.78, 5) is 13.7. The van der Waals surface area contributed by atoms with Crippen LogP contribution >= 0.6 is 0 Å². The number of rotatable bonds is 7. The molecule has 22 heavy (non-hydrogen) atoms. The molecule has 1 aromatic carbocycles. The summed E-state index contributed by atoms with van der Waals surface area (Å²) in [6, 6.07) is 9.65. The lowest BCUT2D eigenvalue weighted by Gasteiger charge is -2.11. The molecule has 1 aliphatic rings. The molecule has 2 N–H and O–H groups in total. The third-order valence-electron chi connectivity index (χ3n) is 3.56. The Morgan fingerprint density at radius 1 is 1.36 bits per heavy atom. The number of likely N-dealkylation sites (N-methyl/N-ethyl adjacent to an activating group) is 1. The molecule has 0 radical (unpaired) electrons. The fourth-order valence-corrected chi connectivity index (χ4v) is 2.18. The largest absolute Gasteiger partial charge is 0.505 e. The van der Waals surface area contributed by atoms with Crippen molar-refractivity contribution in [3.05, 3.63) is 53.9 Å². The molecule has 118 valence electrons. The van der Waals surface area contributed by atoms with Gasteiger partial charge < -0.3 is 20.1 Å². The van der Waals surface area contributed by atoms with Crippen molar-refractivity contribution >= 4 is 5.91 Å². The number of aliphatic hydroxyl groups excluding tert-OH is 1. The fraction of sp³-hybridized carbons (Fsp3) is 0.353. The third-order valence-corrected chi connectivity index (χ3v) is 3.56. The second-order valence-corrected chi connectivity index (χ2v) is 5.25. The van der Waals surface area contributed by atoms with Gasteiger partial charge in [0.25, 0.3) is 5.91 Å². The molecule has 1 heterocycles. The number of nitrogens with zero attached hydrogens (tertiary/aromatic N) is 1. The van der Waals surface area contributed by atoms with Crippen LogP contribution in [0.3, 0.4) is 0 Å². The van der Waals surface area contributed by atoms with Crippen LogP contribution in [-0.4, -0.2) is 42.7 Å². The Morgan fingerprint density at radius 2 is 2.09 bits per heavy atom. The van der Waals surface area contributed by atoms with Crippen molar-refractivity contribution < 1.29 is 14.6 Å². The van der Waals surface area contributed by atoms with Gasteiger partial charge in [0.2, 0.25) is 0 Å². The van der Waals surface area contributed by atoms with Crippen LogP contribution in [0, 0.1) is 0 Å². The number of hydrogen-bond donors (Lipinski definition) is 2. The molecular weight excluding hydrogens is 280 g/mol. The van der Waals surface area contributed by atoms with E-state index in [1.807, 2.05) is 30.3 Å². The molecule has 1 aliphatic heterocycles. The molecule has 0 unspecified atom stereocenters. The summed E-state index contributed by atoms with van der Waals surface area (Å²) in [6.45, 7) is 5.29. The second kappa shape index (κ2) is 7.54. The standard InChI is InChI=1S/C17H22N2O3/c1-13-16(20)15(12-19(13)2)17(21)18-10-6-7-11-22-14-8-4-3-5-9-14/h3-5,8-9,20H,1,6-7,10-12H2,2H3,(H,18,21). The Labute approximate surface area is 130 Å². The lowest BCUT2D eigenvalue weighted by Crippen LogP contribution is -2.28. The minimum Gasteiger partial charge on any atom is -0.505 e. The minimum atomic E-state index is -0.230. The van der Waals surface area contributed by atoms with Crippen LogP contribution in [0.2, 0.25) is 0 Å². The van der Waals surface area contributed by atoms with Crippen molar-refractivity contribution in [2.24, 2.45) is 0 Å². The van der Waals surface area contributed by atoms with Crippen LogP contribution in [0.1, 0.15) is 12.8 Å². The average molecular weight is 302 g/mol. The van der Waals surface area contributed by atoms with E-state index < -0.39 is 0 Å². The summed E-state index contributed by atoms with van der Waals surface area (Å²) < 4.78 is 5.58. The highest BCUT2D eigenvalue weighted by molar-refractivity contribution is 5.95. The second-order valence-electron chi connectivity index (χ2n) is 5.25. The van der Waals surface area contributed by atoms with E-state index in [0.29, 0.717) is 31.0 Å². The van der Waals surface area contributed by atoms with E-state index in [1.165, 1.54) is 0 Å². The van der Waals surface area contributed by atoms with Gasteiger partial charge in [-0.1, -0.05) is 24.8 Å². The van der Waals surface area contributed by atoms with Crippen molar-refractivity contribution in [3.63, 3.8) is 0 Å². The number of carbonyl (C=O) groups is 1. The first kappa shape index (κ1) is 15.9.